The van der Waals surface area contributed by atoms with Crippen molar-refractivity contribution in [2.24, 2.45) is 5.92 Å². The van der Waals surface area contributed by atoms with Crippen molar-refractivity contribution >= 4 is 29.1 Å². The molecule has 1 aromatic rings. The summed E-state index contributed by atoms with van der Waals surface area (Å²) in [6.07, 6.45) is 2.36. The van der Waals surface area contributed by atoms with Crippen LogP contribution in [0.1, 0.15) is 24.1 Å². The summed E-state index contributed by atoms with van der Waals surface area (Å²) < 4.78 is 0. The zero-order chi connectivity index (χ0) is 16.8. The molecule has 1 aromatic heterocycles. The zero-order valence-corrected chi connectivity index (χ0v) is 14.1. The smallest absolute Gasteiger partial charge is 0.308 e. The minimum atomic E-state index is -0.858. The highest BCUT2D eigenvalue weighted by atomic mass is 32.1. The van der Waals surface area contributed by atoms with Crippen LogP contribution in [0.5, 0.6) is 0 Å². The largest absolute Gasteiger partial charge is 0.481 e. The molecule has 0 radical (unpaired) electrons. The Kier molecular flexibility index (Phi) is 6.15. The third-order valence-corrected chi connectivity index (χ3v) is 5.02. The zero-order valence-electron chi connectivity index (χ0n) is 13.2. The first-order valence-electron chi connectivity index (χ1n) is 7.74. The van der Waals surface area contributed by atoms with E-state index < -0.39 is 11.9 Å². The van der Waals surface area contributed by atoms with Crippen molar-refractivity contribution in [2.45, 2.75) is 25.7 Å². The third-order valence-electron chi connectivity index (χ3n) is 4.09. The molecule has 6 nitrogen and oxygen atoms in total. The number of hydrogen-bond donors (Lipinski definition) is 1. The van der Waals surface area contributed by atoms with Gasteiger partial charge in [0.15, 0.2) is 0 Å². The molecular formula is C16H22N2O4S. The van der Waals surface area contributed by atoms with E-state index in [9.17, 15) is 14.4 Å². The van der Waals surface area contributed by atoms with Gasteiger partial charge in [-0.3, -0.25) is 14.4 Å². The molecule has 1 fully saturated rings. The predicted molar refractivity (Wildman–Crippen MR) is 87.2 cm³/mol. The second-order valence-corrected chi connectivity index (χ2v) is 6.88. The molecule has 2 rings (SSSR count). The third kappa shape index (κ3) is 5.06. The number of carbonyl (C=O) groups excluding carboxylic acids is 2. The molecule has 0 aromatic carbocycles. The Morgan fingerprint density at radius 1 is 1.43 bits per heavy atom. The minimum absolute atomic E-state index is 0.00954. The van der Waals surface area contributed by atoms with Crippen molar-refractivity contribution in [1.82, 2.24) is 9.80 Å². The van der Waals surface area contributed by atoms with Crippen LogP contribution in [-0.4, -0.2) is 59.4 Å². The lowest BCUT2D eigenvalue weighted by atomic mass is 9.98. The lowest BCUT2D eigenvalue weighted by molar-refractivity contribution is -0.147. The Balaban J connectivity index is 1.79. The first kappa shape index (κ1) is 17.5. The fraction of sp³-hybridized carbons (Fsp3) is 0.562. The van der Waals surface area contributed by atoms with E-state index in [1.807, 2.05) is 17.5 Å². The summed E-state index contributed by atoms with van der Waals surface area (Å²) in [7, 11) is 1.62. The summed E-state index contributed by atoms with van der Waals surface area (Å²) in [6.45, 7) is 0.820. The lowest BCUT2D eigenvalue weighted by Gasteiger charge is -2.32. The fourth-order valence-corrected chi connectivity index (χ4v) is 3.38. The molecule has 0 spiro atoms. The minimum Gasteiger partial charge on any atom is -0.481 e. The molecule has 0 bridgehead atoms. The number of piperidine rings is 1. The molecule has 23 heavy (non-hydrogen) atoms. The van der Waals surface area contributed by atoms with Gasteiger partial charge < -0.3 is 14.9 Å². The second-order valence-electron chi connectivity index (χ2n) is 5.85. The van der Waals surface area contributed by atoms with Crippen molar-refractivity contribution in [1.29, 1.82) is 0 Å². The second kappa shape index (κ2) is 8.10. The van der Waals surface area contributed by atoms with Crippen LogP contribution in [0, 0.1) is 5.92 Å². The van der Waals surface area contributed by atoms with E-state index in [1.165, 1.54) is 4.90 Å². The van der Waals surface area contributed by atoms with Crippen LogP contribution in [0.15, 0.2) is 17.5 Å². The normalized spacial score (nSPS) is 17.8. The SMILES string of the molecule is CN(CC(=O)N1CCCC(C(=O)O)C1)C(=O)CCc1cccs1. The molecule has 1 atom stereocenters. The van der Waals surface area contributed by atoms with Gasteiger partial charge in [0, 0.05) is 31.4 Å². The summed E-state index contributed by atoms with van der Waals surface area (Å²) in [4.78, 5) is 39.5. The van der Waals surface area contributed by atoms with E-state index in [2.05, 4.69) is 0 Å². The Hall–Kier alpha value is -1.89. The van der Waals surface area contributed by atoms with Crippen LogP contribution < -0.4 is 0 Å². The number of amides is 2. The number of carbonyl (C=O) groups is 3. The molecule has 7 heteroatoms. The summed E-state index contributed by atoms with van der Waals surface area (Å²) in [5, 5.41) is 11.0. The van der Waals surface area contributed by atoms with Crippen LogP contribution in [0.25, 0.3) is 0 Å². The molecule has 1 saturated heterocycles. The number of hydrogen-bond acceptors (Lipinski definition) is 4. The topological polar surface area (TPSA) is 77.9 Å². The van der Waals surface area contributed by atoms with E-state index in [0.29, 0.717) is 32.2 Å². The van der Waals surface area contributed by atoms with Gasteiger partial charge in [-0.1, -0.05) is 6.07 Å². The van der Waals surface area contributed by atoms with Gasteiger partial charge in [0.2, 0.25) is 11.8 Å². The number of rotatable bonds is 6. The molecule has 1 N–H and O–H groups in total. The Morgan fingerprint density at radius 3 is 2.87 bits per heavy atom. The fourth-order valence-electron chi connectivity index (χ4n) is 2.67. The van der Waals surface area contributed by atoms with E-state index >= 15 is 0 Å². The van der Waals surface area contributed by atoms with Crippen LogP contribution in [0.3, 0.4) is 0 Å². The maximum absolute atomic E-state index is 12.3. The summed E-state index contributed by atoms with van der Waals surface area (Å²) >= 11 is 1.61. The number of thiophene rings is 1. The molecular weight excluding hydrogens is 316 g/mol. The molecule has 1 aliphatic heterocycles. The average molecular weight is 338 g/mol. The highest BCUT2D eigenvalue weighted by Crippen LogP contribution is 2.17. The molecule has 1 unspecified atom stereocenters. The summed E-state index contributed by atoms with van der Waals surface area (Å²) in [5.74, 6) is -1.60. The highest BCUT2D eigenvalue weighted by molar-refractivity contribution is 7.09. The van der Waals surface area contributed by atoms with Crippen molar-refractivity contribution in [3.05, 3.63) is 22.4 Å². The highest BCUT2D eigenvalue weighted by Gasteiger charge is 2.28. The van der Waals surface area contributed by atoms with Gasteiger partial charge in [-0.05, 0) is 30.7 Å². The molecule has 0 saturated carbocycles. The number of aryl methyl sites for hydroxylation is 1. The molecule has 0 aliphatic carbocycles. The van der Waals surface area contributed by atoms with Crippen molar-refractivity contribution in [3.8, 4) is 0 Å². The van der Waals surface area contributed by atoms with Crippen LogP contribution in [-0.2, 0) is 20.8 Å². The molecule has 2 heterocycles. The van der Waals surface area contributed by atoms with Gasteiger partial charge in [0.25, 0.3) is 0 Å². The van der Waals surface area contributed by atoms with Crippen molar-refractivity contribution in [3.63, 3.8) is 0 Å². The van der Waals surface area contributed by atoms with Gasteiger partial charge in [0.1, 0.15) is 0 Å². The molecule has 1 aliphatic rings. The van der Waals surface area contributed by atoms with Gasteiger partial charge in [-0.25, -0.2) is 0 Å². The average Bonchev–Trinajstić information content (AvgIpc) is 3.06. The van der Waals surface area contributed by atoms with E-state index in [-0.39, 0.29) is 24.9 Å². The number of carboxylic acids is 1. The van der Waals surface area contributed by atoms with Gasteiger partial charge in [-0.2, -0.15) is 0 Å². The van der Waals surface area contributed by atoms with Crippen molar-refractivity contribution < 1.29 is 19.5 Å². The predicted octanol–water partition coefficient (Wildman–Crippen LogP) is 1.46. The first-order chi connectivity index (χ1) is 11.0. The number of aliphatic carboxylic acids is 1. The number of likely N-dealkylation sites (N-methyl/N-ethyl adjacent to an activating group) is 1. The first-order valence-corrected chi connectivity index (χ1v) is 8.62. The van der Waals surface area contributed by atoms with Crippen LogP contribution in [0.2, 0.25) is 0 Å². The van der Waals surface area contributed by atoms with Crippen LogP contribution in [0.4, 0.5) is 0 Å². The standard InChI is InChI=1S/C16H22N2O4S/c1-17(14(19)7-6-13-5-3-9-23-13)11-15(20)18-8-2-4-12(10-18)16(21)22/h3,5,9,12H,2,4,6-8,10-11H2,1H3,(H,21,22). The number of nitrogens with zero attached hydrogens (tertiary/aromatic N) is 2. The number of carboxylic acid groups (broad SMARTS) is 1. The lowest BCUT2D eigenvalue weighted by Crippen LogP contribution is -2.46. The molecule has 126 valence electrons. The Morgan fingerprint density at radius 2 is 2.22 bits per heavy atom. The Bertz CT molecular complexity index is 558. The number of likely N-dealkylation sites (tertiary alicyclic amines) is 1. The Labute approximate surface area is 139 Å². The van der Waals surface area contributed by atoms with E-state index in [1.54, 1.807) is 23.3 Å². The summed E-state index contributed by atoms with van der Waals surface area (Å²) in [5.41, 5.74) is 0. The maximum atomic E-state index is 12.3. The van der Waals surface area contributed by atoms with E-state index in [4.69, 9.17) is 5.11 Å². The molecule has 2 amide bonds. The summed E-state index contributed by atoms with van der Waals surface area (Å²) in [6, 6.07) is 3.94. The van der Waals surface area contributed by atoms with Gasteiger partial charge >= 0.3 is 5.97 Å². The van der Waals surface area contributed by atoms with Gasteiger partial charge in [0.05, 0.1) is 12.5 Å². The van der Waals surface area contributed by atoms with Crippen LogP contribution >= 0.6 is 11.3 Å². The maximum Gasteiger partial charge on any atom is 0.308 e. The van der Waals surface area contributed by atoms with Crippen molar-refractivity contribution in [2.75, 3.05) is 26.7 Å². The van der Waals surface area contributed by atoms with E-state index in [0.717, 1.165) is 4.88 Å². The quantitative estimate of drug-likeness (QED) is 0.852. The monoisotopic (exact) mass is 338 g/mol. The van der Waals surface area contributed by atoms with Gasteiger partial charge in [-0.15, -0.1) is 11.3 Å².